The number of aryl methyl sites for hydroxylation is 1. The molecule has 16 heavy (non-hydrogen) atoms. The van der Waals surface area contributed by atoms with E-state index in [9.17, 15) is 5.11 Å². The number of rotatable bonds is 2. The van der Waals surface area contributed by atoms with Crippen LogP contribution in [0.15, 0.2) is 18.2 Å². The zero-order valence-corrected chi connectivity index (χ0v) is 10.1. The van der Waals surface area contributed by atoms with Gasteiger partial charge in [-0.3, -0.25) is 0 Å². The van der Waals surface area contributed by atoms with Crippen LogP contribution in [0.5, 0.6) is 0 Å². The van der Waals surface area contributed by atoms with Gasteiger partial charge in [-0.2, -0.15) is 0 Å². The third-order valence-electron chi connectivity index (χ3n) is 3.81. The normalized spacial score (nSPS) is 27.2. The predicted molar refractivity (Wildman–Crippen MR) is 67.4 cm³/mol. The Kier molecular flexibility index (Phi) is 2.58. The molecule has 0 aromatic heterocycles. The van der Waals surface area contributed by atoms with Crippen LogP contribution in [0.4, 0.5) is 11.4 Å². The monoisotopic (exact) mass is 220 g/mol. The zero-order valence-electron chi connectivity index (χ0n) is 10.1. The molecule has 1 saturated carbocycles. The van der Waals surface area contributed by atoms with Crippen LogP contribution in [-0.4, -0.2) is 17.3 Å². The molecule has 1 aliphatic carbocycles. The van der Waals surface area contributed by atoms with Crippen LogP contribution in [0.3, 0.4) is 0 Å². The van der Waals surface area contributed by atoms with Crippen molar-refractivity contribution < 1.29 is 5.11 Å². The van der Waals surface area contributed by atoms with E-state index in [0.717, 1.165) is 17.8 Å². The highest BCUT2D eigenvalue weighted by Crippen LogP contribution is 2.42. The van der Waals surface area contributed by atoms with Gasteiger partial charge in [-0.1, -0.05) is 19.9 Å². The Morgan fingerprint density at radius 3 is 2.69 bits per heavy atom. The number of nitrogen functional groups attached to an aromatic ring is 1. The number of aliphatic hydroxyl groups excluding tert-OH is 1. The second-order valence-electron chi connectivity index (χ2n) is 5.34. The van der Waals surface area contributed by atoms with Crippen LogP contribution in [0.1, 0.15) is 25.8 Å². The molecule has 1 fully saturated rings. The molecule has 0 spiro atoms. The lowest BCUT2D eigenvalue weighted by molar-refractivity contribution is -0.0510. The highest BCUT2D eigenvalue weighted by molar-refractivity contribution is 5.60. The number of nitrogens with two attached hydrogens (primary N) is 1. The maximum Gasteiger partial charge on any atom is 0.0630 e. The van der Waals surface area contributed by atoms with Crippen molar-refractivity contribution in [2.75, 3.05) is 11.1 Å². The molecule has 0 radical (unpaired) electrons. The standard InChI is InChI=1S/C13H20N2O/c1-8-4-5-9(14)6-10(8)15-11-7-12(16)13(11,2)3/h4-6,11-12,15-16H,7,14H2,1-3H3. The number of benzene rings is 1. The van der Waals surface area contributed by atoms with Crippen molar-refractivity contribution in [3.63, 3.8) is 0 Å². The molecule has 0 amide bonds. The van der Waals surface area contributed by atoms with Gasteiger partial charge in [0.05, 0.1) is 6.10 Å². The number of hydrogen-bond donors (Lipinski definition) is 3. The van der Waals surface area contributed by atoms with E-state index in [0.29, 0.717) is 6.04 Å². The summed E-state index contributed by atoms with van der Waals surface area (Å²) in [6, 6.07) is 6.19. The molecule has 0 saturated heterocycles. The lowest BCUT2D eigenvalue weighted by atomic mass is 9.64. The molecule has 4 N–H and O–H groups in total. The second kappa shape index (κ2) is 3.67. The van der Waals surface area contributed by atoms with Crippen molar-refractivity contribution in [2.24, 2.45) is 5.41 Å². The third-order valence-corrected chi connectivity index (χ3v) is 3.81. The highest BCUT2D eigenvalue weighted by atomic mass is 16.3. The average Bonchev–Trinajstić information content (AvgIpc) is 2.23. The summed E-state index contributed by atoms with van der Waals surface area (Å²) in [6.07, 6.45) is 0.604. The average molecular weight is 220 g/mol. The van der Waals surface area contributed by atoms with E-state index in [1.807, 2.05) is 18.2 Å². The molecule has 1 aromatic carbocycles. The summed E-state index contributed by atoms with van der Waals surface area (Å²) < 4.78 is 0. The van der Waals surface area contributed by atoms with Crippen molar-refractivity contribution in [3.8, 4) is 0 Å². The van der Waals surface area contributed by atoms with Crippen LogP contribution in [-0.2, 0) is 0 Å². The quantitative estimate of drug-likeness (QED) is 0.669. The largest absolute Gasteiger partial charge is 0.399 e. The summed E-state index contributed by atoms with van der Waals surface area (Å²) in [5.74, 6) is 0. The first-order chi connectivity index (χ1) is 7.41. The molecule has 0 bridgehead atoms. The molecular weight excluding hydrogens is 200 g/mol. The molecule has 88 valence electrons. The second-order valence-corrected chi connectivity index (χ2v) is 5.34. The van der Waals surface area contributed by atoms with E-state index in [2.05, 4.69) is 26.1 Å². The van der Waals surface area contributed by atoms with Crippen LogP contribution in [0.25, 0.3) is 0 Å². The van der Waals surface area contributed by atoms with Gasteiger partial charge < -0.3 is 16.2 Å². The Morgan fingerprint density at radius 2 is 2.12 bits per heavy atom. The SMILES string of the molecule is Cc1ccc(N)cc1NC1CC(O)C1(C)C. The lowest BCUT2D eigenvalue weighted by Crippen LogP contribution is -2.56. The molecule has 0 aliphatic heterocycles. The van der Waals surface area contributed by atoms with E-state index in [-0.39, 0.29) is 11.5 Å². The van der Waals surface area contributed by atoms with Crippen molar-refractivity contribution in [1.29, 1.82) is 0 Å². The van der Waals surface area contributed by atoms with E-state index >= 15 is 0 Å². The minimum absolute atomic E-state index is 0.0585. The minimum Gasteiger partial charge on any atom is -0.399 e. The molecule has 3 nitrogen and oxygen atoms in total. The van der Waals surface area contributed by atoms with Gasteiger partial charge in [0, 0.05) is 22.8 Å². The molecular formula is C13H20N2O. The van der Waals surface area contributed by atoms with Gasteiger partial charge in [-0.25, -0.2) is 0 Å². The summed E-state index contributed by atoms with van der Waals surface area (Å²) in [5.41, 5.74) is 8.74. The molecule has 3 heteroatoms. The highest BCUT2D eigenvalue weighted by Gasteiger charge is 2.47. The fourth-order valence-corrected chi connectivity index (χ4v) is 2.13. The van der Waals surface area contributed by atoms with Gasteiger partial charge in [0.25, 0.3) is 0 Å². The molecule has 0 heterocycles. The van der Waals surface area contributed by atoms with E-state index in [1.165, 1.54) is 5.56 Å². The Bertz CT molecular complexity index is 401. The van der Waals surface area contributed by atoms with Crippen LogP contribution >= 0.6 is 0 Å². The Hall–Kier alpha value is -1.22. The summed E-state index contributed by atoms with van der Waals surface area (Å²) in [4.78, 5) is 0. The maximum atomic E-state index is 9.68. The minimum atomic E-state index is -0.202. The third kappa shape index (κ3) is 1.76. The first kappa shape index (κ1) is 11.3. The molecule has 2 rings (SSSR count). The van der Waals surface area contributed by atoms with Gasteiger partial charge in [0.2, 0.25) is 0 Å². The molecule has 1 aromatic rings. The van der Waals surface area contributed by atoms with Crippen molar-refractivity contribution in [3.05, 3.63) is 23.8 Å². The van der Waals surface area contributed by atoms with E-state index in [1.54, 1.807) is 0 Å². The van der Waals surface area contributed by atoms with Gasteiger partial charge in [0.15, 0.2) is 0 Å². The van der Waals surface area contributed by atoms with Gasteiger partial charge >= 0.3 is 0 Å². The van der Waals surface area contributed by atoms with E-state index < -0.39 is 0 Å². The number of nitrogens with one attached hydrogen (secondary N) is 1. The van der Waals surface area contributed by atoms with Crippen LogP contribution in [0, 0.1) is 12.3 Å². The van der Waals surface area contributed by atoms with Gasteiger partial charge in [0.1, 0.15) is 0 Å². The fourth-order valence-electron chi connectivity index (χ4n) is 2.13. The van der Waals surface area contributed by atoms with E-state index in [4.69, 9.17) is 5.73 Å². The smallest absolute Gasteiger partial charge is 0.0630 e. The van der Waals surface area contributed by atoms with Crippen molar-refractivity contribution in [2.45, 2.75) is 39.3 Å². The Balaban J connectivity index is 2.13. The van der Waals surface area contributed by atoms with Crippen LogP contribution in [0.2, 0.25) is 0 Å². The van der Waals surface area contributed by atoms with Gasteiger partial charge in [-0.05, 0) is 31.0 Å². The number of hydrogen-bond acceptors (Lipinski definition) is 3. The molecule has 1 aliphatic rings. The molecule has 2 unspecified atom stereocenters. The topological polar surface area (TPSA) is 58.3 Å². The van der Waals surface area contributed by atoms with Gasteiger partial charge in [-0.15, -0.1) is 0 Å². The summed E-state index contributed by atoms with van der Waals surface area (Å²) in [6.45, 7) is 6.23. The number of anilines is 2. The van der Waals surface area contributed by atoms with Crippen LogP contribution < -0.4 is 11.1 Å². The Morgan fingerprint density at radius 1 is 1.44 bits per heavy atom. The summed E-state index contributed by atoms with van der Waals surface area (Å²) in [7, 11) is 0. The maximum absolute atomic E-state index is 9.68. The zero-order chi connectivity index (χ0) is 11.9. The fraction of sp³-hybridized carbons (Fsp3) is 0.538. The summed E-state index contributed by atoms with van der Waals surface area (Å²) in [5, 5.41) is 13.2. The lowest BCUT2D eigenvalue weighted by Gasteiger charge is -2.50. The van der Waals surface area contributed by atoms with Crippen molar-refractivity contribution in [1.82, 2.24) is 0 Å². The van der Waals surface area contributed by atoms with Crippen molar-refractivity contribution >= 4 is 11.4 Å². The summed E-state index contributed by atoms with van der Waals surface area (Å²) >= 11 is 0. The molecule has 2 atom stereocenters. The number of aliphatic hydroxyl groups is 1. The first-order valence-corrected chi connectivity index (χ1v) is 5.72. The predicted octanol–water partition coefficient (Wildman–Crippen LogP) is 2.15. The Labute approximate surface area is 96.7 Å². The first-order valence-electron chi connectivity index (χ1n) is 5.72.